The standard InChI is InChI=1S/C5H10P/c1-2-3-4-5-6/h3-4,6H,2,5H2,1H3/b4-3+. The minimum Gasteiger partial charge on any atom is -0.0951 e. The van der Waals surface area contributed by atoms with Crippen LogP contribution in [0.5, 0.6) is 0 Å². The molecule has 0 atom stereocenters. The number of allylic oxidation sites excluding steroid dienone is 2. The summed E-state index contributed by atoms with van der Waals surface area (Å²) in [4.78, 5) is 0. The quantitative estimate of drug-likeness (QED) is 0.369. The van der Waals surface area contributed by atoms with Gasteiger partial charge in [-0.3, -0.25) is 0 Å². The van der Waals surface area contributed by atoms with Gasteiger partial charge >= 0.3 is 0 Å². The van der Waals surface area contributed by atoms with Crippen molar-refractivity contribution < 1.29 is 0 Å². The predicted octanol–water partition coefficient (Wildman–Crippen LogP) is 2.10. The fourth-order valence-corrected chi connectivity index (χ4v) is 0.417. The molecule has 0 rings (SSSR count). The summed E-state index contributed by atoms with van der Waals surface area (Å²) in [6, 6.07) is 0. The highest BCUT2D eigenvalue weighted by atomic mass is 31.0. The van der Waals surface area contributed by atoms with Crippen molar-refractivity contribution in [2.75, 3.05) is 6.16 Å². The Kier molecular flexibility index (Phi) is 5.32. The van der Waals surface area contributed by atoms with Crippen LogP contribution in [-0.2, 0) is 0 Å². The summed E-state index contributed by atoms with van der Waals surface area (Å²) in [7, 11) is 3.30. The van der Waals surface area contributed by atoms with Crippen LogP contribution in [0.1, 0.15) is 13.3 Å². The van der Waals surface area contributed by atoms with Crippen LogP contribution < -0.4 is 0 Å². The van der Waals surface area contributed by atoms with Crippen LogP contribution in [0.4, 0.5) is 0 Å². The van der Waals surface area contributed by atoms with Gasteiger partial charge < -0.3 is 0 Å². The van der Waals surface area contributed by atoms with Crippen LogP contribution in [-0.4, -0.2) is 6.16 Å². The number of hydrogen-bond acceptors (Lipinski definition) is 0. The average molecular weight is 101 g/mol. The molecule has 0 aromatic rings. The van der Waals surface area contributed by atoms with Gasteiger partial charge in [-0.25, -0.2) is 0 Å². The summed E-state index contributed by atoms with van der Waals surface area (Å²) in [5.41, 5.74) is 0. The minimum absolute atomic E-state index is 0.980. The molecule has 0 aliphatic rings. The van der Waals surface area contributed by atoms with Gasteiger partial charge in [0.05, 0.1) is 0 Å². The Bertz CT molecular complexity index is 33.2. The van der Waals surface area contributed by atoms with Gasteiger partial charge in [-0.2, -0.15) is 0 Å². The summed E-state index contributed by atoms with van der Waals surface area (Å²) in [6.45, 7) is 2.12. The molecule has 0 unspecified atom stereocenters. The third-order valence-electron chi connectivity index (χ3n) is 0.520. The molecular formula is C5H10P. The largest absolute Gasteiger partial charge is 0.0951 e. The molecule has 0 aromatic heterocycles. The van der Waals surface area contributed by atoms with E-state index in [0.717, 1.165) is 12.6 Å². The van der Waals surface area contributed by atoms with Crippen molar-refractivity contribution in [3.05, 3.63) is 12.2 Å². The van der Waals surface area contributed by atoms with E-state index in [1.165, 1.54) is 0 Å². The predicted molar refractivity (Wildman–Crippen MR) is 32.6 cm³/mol. The smallest absolute Gasteiger partial charge is 0.0136 e. The van der Waals surface area contributed by atoms with E-state index in [1.54, 1.807) is 0 Å². The van der Waals surface area contributed by atoms with Crippen molar-refractivity contribution in [1.29, 1.82) is 0 Å². The summed E-state index contributed by atoms with van der Waals surface area (Å²) >= 11 is 0. The first kappa shape index (κ1) is 6.17. The van der Waals surface area contributed by atoms with Gasteiger partial charge in [0.25, 0.3) is 0 Å². The van der Waals surface area contributed by atoms with Gasteiger partial charge in [0.2, 0.25) is 0 Å². The summed E-state index contributed by atoms with van der Waals surface area (Å²) < 4.78 is 0. The van der Waals surface area contributed by atoms with Gasteiger partial charge in [-0.1, -0.05) is 28.3 Å². The lowest BCUT2D eigenvalue weighted by Gasteiger charge is -1.72. The first-order valence-electron chi connectivity index (χ1n) is 2.21. The zero-order valence-electron chi connectivity index (χ0n) is 4.07. The number of hydrogen-bond donors (Lipinski definition) is 0. The Morgan fingerprint density at radius 2 is 2.17 bits per heavy atom. The lowest BCUT2D eigenvalue weighted by Crippen LogP contribution is -1.55. The minimum atomic E-state index is 0.980. The second-order valence-electron chi connectivity index (χ2n) is 1.08. The second-order valence-corrected chi connectivity index (χ2v) is 1.49. The lowest BCUT2D eigenvalue weighted by atomic mass is 10.4. The highest BCUT2D eigenvalue weighted by Gasteiger charge is 1.60. The molecule has 0 saturated carbocycles. The van der Waals surface area contributed by atoms with Crippen LogP contribution >= 0.6 is 9.24 Å². The van der Waals surface area contributed by atoms with E-state index in [-0.39, 0.29) is 0 Å². The van der Waals surface area contributed by atoms with Gasteiger partial charge in [0.1, 0.15) is 0 Å². The molecule has 0 amide bonds. The molecule has 1 radical (unpaired) electrons. The van der Waals surface area contributed by atoms with E-state index >= 15 is 0 Å². The summed E-state index contributed by atoms with van der Waals surface area (Å²) in [5.74, 6) is 0. The molecule has 1 heteroatoms. The van der Waals surface area contributed by atoms with Gasteiger partial charge in [0, 0.05) is 0 Å². The highest BCUT2D eigenvalue weighted by Crippen LogP contribution is 1.83. The molecule has 0 aromatic carbocycles. The van der Waals surface area contributed by atoms with E-state index in [2.05, 4.69) is 28.3 Å². The molecule has 0 aliphatic carbocycles. The van der Waals surface area contributed by atoms with Gasteiger partial charge in [0.15, 0.2) is 0 Å². The van der Waals surface area contributed by atoms with Crippen LogP contribution in [0, 0.1) is 0 Å². The molecule has 0 heterocycles. The Morgan fingerprint density at radius 1 is 1.50 bits per heavy atom. The highest BCUT2D eigenvalue weighted by molar-refractivity contribution is 7.16. The monoisotopic (exact) mass is 101 g/mol. The molecule has 0 bridgehead atoms. The Hall–Kier alpha value is 0.170. The zero-order valence-corrected chi connectivity index (χ0v) is 5.07. The van der Waals surface area contributed by atoms with Crippen molar-refractivity contribution >= 4 is 9.24 Å². The van der Waals surface area contributed by atoms with E-state index in [9.17, 15) is 0 Å². The Labute approximate surface area is 41.8 Å². The molecule has 0 saturated heterocycles. The normalized spacial score (nSPS) is 10.3. The molecule has 6 heavy (non-hydrogen) atoms. The van der Waals surface area contributed by atoms with E-state index < -0.39 is 0 Å². The van der Waals surface area contributed by atoms with Crippen molar-refractivity contribution in [2.45, 2.75) is 13.3 Å². The molecule has 0 N–H and O–H groups in total. The molecular weight excluding hydrogens is 91.0 g/mol. The topological polar surface area (TPSA) is 0 Å². The van der Waals surface area contributed by atoms with Crippen LogP contribution in [0.2, 0.25) is 0 Å². The molecule has 0 fully saturated rings. The Morgan fingerprint density at radius 3 is 2.33 bits per heavy atom. The van der Waals surface area contributed by atoms with Crippen LogP contribution in [0.3, 0.4) is 0 Å². The Balaban J connectivity index is 2.73. The molecule has 0 aliphatic heterocycles. The van der Waals surface area contributed by atoms with Crippen molar-refractivity contribution in [1.82, 2.24) is 0 Å². The SMILES string of the molecule is CC/C=C/C[PH]. The fraction of sp³-hybridized carbons (Fsp3) is 0.600. The maximum atomic E-state index is 3.30. The molecule has 0 spiro atoms. The van der Waals surface area contributed by atoms with Crippen LogP contribution in [0.15, 0.2) is 12.2 Å². The molecule has 35 valence electrons. The second kappa shape index (κ2) is 5.17. The van der Waals surface area contributed by atoms with Crippen LogP contribution in [0.25, 0.3) is 0 Å². The lowest BCUT2D eigenvalue weighted by molar-refractivity contribution is 1.22. The average Bonchev–Trinajstić information content (AvgIpc) is 1.61. The van der Waals surface area contributed by atoms with E-state index in [1.807, 2.05) is 0 Å². The van der Waals surface area contributed by atoms with Gasteiger partial charge in [-0.15, -0.1) is 0 Å². The first-order chi connectivity index (χ1) is 2.91. The van der Waals surface area contributed by atoms with Gasteiger partial charge in [-0.05, 0) is 12.6 Å². The first-order valence-corrected chi connectivity index (χ1v) is 2.92. The van der Waals surface area contributed by atoms with Crippen molar-refractivity contribution in [2.24, 2.45) is 0 Å². The van der Waals surface area contributed by atoms with Crippen molar-refractivity contribution in [3.63, 3.8) is 0 Å². The summed E-state index contributed by atoms with van der Waals surface area (Å²) in [5, 5.41) is 0. The summed E-state index contributed by atoms with van der Waals surface area (Å²) in [6.07, 6.45) is 6.35. The maximum absolute atomic E-state index is 3.30. The van der Waals surface area contributed by atoms with Crippen molar-refractivity contribution in [3.8, 4) is 0 Å². The van der Waals surface area contributed by atoms with E-state index in [0.29, 0.717) is 0 Å². The zero-order chi connectivity index (χ0) is 4.83. The third kappa shape index (κ3) is 4.17. The van der Waals surface area contributed by atoms with E-state index in [4.69, 9.17) is 0 Å². The third-order valence-corrected chi connectivity index (χ3v) is 0.756. The fourth-order valence-electron chi connectivity index (χ4n) is 0.250. The molecule has 0 nitrogen and oxygen atoms in total. The number of rotatable bonds is 2. The maximum Gasteiger partial charge on any atom is -0.0136 e.